The van der Waals surface area contributed by atoms with Gasteiger partial charge in [0.2, 0.25) is 0 Å². The van der Waals surface area contributed by atoms with E-state index in [-0.39, 0.29) is 28.9 Å². The Morgan fingerprint density at radius 3 is 1.49 bits per heavy atom. The molecule has 0 aromatic heterocycles. The van der Waals surface area contributed by atoms with E-state index in [4.69, 9.17) is 52.1 Å². The van der Waals surface area contributed by atoms with E-state index < -0.39 is 103 Å². The summed E-state index contributed by atoms with van der Waals surface area (Å²) in [5.41, 5.74) is 0.699. The van der Waals surface area contributed by atoms with Gasteiger partial charge in [-0.05, 0) is 76.2 Å². The summed E-state index contributed by atoms with van der Waals surface area (Å²) in [6.07, 6.45) is -12.2. The molecule has 4 aromatic carbocycles. The molecule has 0 amide bonds. The molecule has 7 unspecified atom stereocenters. The van der Waals surface area contributed by atoms with Gasteiger partial charge in [-0.1, -0.05) is 72.8 Å². The van der Waals surface area contributed by atoms with Crippen molar-refractivity contribution in [2.45, 2.75) is 101 Å². The molecule has 0 saturated carbocycles. The third-order valence-electron chi connectivity index (χ3n) is 10.5. The molecule has 320 valence electrons. The van der Waals surface area contributed by atoms with Gasteiger partial charge in [-0.3, -0.25) is 0 Å². The lowest BCUT2D eigenvalue weighted by molar-refractivity contribution is -0.322. The van der Waals surface area contributed by atoms with E-state index in [2.05, 4.69) is 0 Å². The summed E-state index contributed by atoms with van der Waals surface area (Å²) in [6, 6.07) is 32.6. The van der Waals surface area contributed by atoms with E-state index in [0.717, 1.165) is 0 Å². The van der Waals surface area contributed by atoms with Crippen LogP contribution in [0, 0.1) is 0 Å². The van der Waals surface area contributed by atoms with E-state index in [9.17, 15) is 19.2 Å². The molecule has 10 atom stereocenters. The normalized spacial score (nSPS) is 29.8. The van der Waals surface area contributed by atoms with Crippen LogP contribution in [0.5, 0.6) is 0 Å². The predicted octanol–water partition coefficient (Wildman–Crippen LogP) is 5.66. The Morgan fingerprint density at radius 2 is 1.00 bits per heavy atom. The second-order valence-corrected chi connectivity index (χ2v) is 15.8. The Kier molecular flexibility index (Phi) is 12.3. The molecule has 0 spiro atoms. The van der Waals surface area contributed by atoms with Crippen molar-refractivity contribution in [3.63, 3.8) is 0 Å². The third-order valence-corrected chi connectivity index (χ3v) is 10.5. The average molecular weight is 839 g/mol. The van der Waals surface area contributed by atoms with Crippen LogP contribution in [0.4, 0.5) is 0 Å². The second kappa shape index (κ2) is 17.8. The number of hydrogen-bond donors (Lipinski definition) is 0. The van der Waals surface area contributed by atoms with E-state index >= 15 is 0 Å². The van der Waals surface area contributed by atoms with Crippen molar-refractivity contribution < 1.29 is 71.3 Å². The number of rotatable bonds is 12. The van der Waals surface area contributed by atoms with Crippen LogP contribution < -0.4 is 0 Å². The minimum atomic E-state index is -1.64. The highest BCUT2D eigenvalue weighted by Gasteiger charge is 2.62. The van der Waals surface area contributed by atoms with Gasteiger partial charge in [0, 0.05) is 0 Å². The molecular weight excluding hydrogens is 792 g/mol. The summed E-state index contributed by atoms with van der Waals surface area (Å²) in [4.78, 5) is 55.4. The standard InChI is InChI=1S/C46H46O15/c1-45(2)52-26-32(59-45)34-36(38-44(57-34)61-46(3,4)60-38)58-43-37(56-42(50)30-23-15-8-16-24-30)35(55-41(49)29-21-13-7-14-22-29)33(54-40(48)28-19-11-6-12-20-28)31(53-43)25-51-39(47)27-17-9-5-10-18-27/h5-24,31-38,43-44H,25-26H2,1-4H3/t31?,32?,33?,34-,35?,36-,37?,38?,43?,44-/m0/s1. The van der Waals surface area contributed by atoms with Crippen LogP contribution in [0.25, 0.3) is 0 Å². The van der Waals surface area contributed by atoms with Crippen molar-refractivity contribution >= 4 is 23.9 Å². The topological polar surface area (TPSA) is 170 Å². The van der Waals surface area contributed by atoms with Crippen molar-refractivity contribution in [2.24, 2.45) is 0 Å². The summed E-state index contributed by atoms with van der Waals surface area (Å²) < 4.78 is 68.8. The first-order valence-electron chi connectivity index (χ1n) is 20.0. The zero-order valence-electron chi connectivity index (χ0n) is 33.9. The lowest BCUT2D eigenvalue weighted by Crippen LogP contribution is -2.64. The molecule has 4 heterocycles. The average Bonchev–Trinajstić information content (AvgIpc) is 3.90. The van der Waals surface area contributed by atoms with Gasteiger partial charge >= 0.3 is 23.9 Å². The molecule has 61 heavy (non-hydrogen) atoms. The smallest absolute Gasteiger partial charge is 0.338 e. The Bertz CT molecular complexity index is 2150. The molecule has 4 aromatic rings. The van der Waals surface area contributed by atoms with E-state index in [1.54, 1.807) is 125 Å². The minimum absolute atomic E-state index is 0.130. The number of hydrogen-bond acceptors (Lipinski definition) is 15. The molecule has 8 rings (SSSR count). The SMILES string of the molecule is CC1(C)OCC([C@@H]2O[C@H]3OC(C)(C)OC3[C@H]2OC2OC(COC(=O)c3ccccc3)C(OC(=O)c3ccccc3)C(OC(=O)c3ccccc3)C2OC(=O)c2ccccc2)O1. The van der Waals surface area contributed by atoms with Gasteiger partial charge in [0.15, 0.2) is 42.5 Å². The van der Waals surface area contributed by atoms with E-state index in [0.29, 0.717) is 0 Å². The van der Waals surface area contributed by atoms with Gasteiger partial charge in [-0.2, -0.15) is 0 Å². The Hall–Kier alpha value is -5.52. The number of carbonyl (C=O) groups is 4. The number of esters is 4. The van der Waals surface area contributed by atoms with Crippen LogP contribution in [0.2, 0.25) is 0 Å². The van der Waals surface area contributed by atoms with Gasteiger partial charge in [0.25, 0.3) is 0 Å². The fourth-order valence-electron chi connectivity index (χ4n) is 7.63. The van der Waals surface area contributed by atoms with Crippen molar-refractivity contribution in [3.8, 4) is 0 Å². The molecule has 15 heteroatoms. The maximum atomic E-state index is 14.1. The fraction of sp³-hybridized carbons (Fsp3) is 0.391. The van der Waals surface area contributed by atoms with Crippen LogP contribution in [0.15, 0.2) is 121 Å². The largest absolute Gasteiger partial charge is 0.459 e. The Labute approximate surface area is 352 Å². The highest BCUT2D eigenvalue weighted by atomic mass is 16.9. The van der Waals surface area contributed by atoms with Crippen molar-refractivity contribution in [1.29, 1.82) is 0 Å². The van der Waals surface area contributed by atoms with E-state index in [1.165, 1.54) is 24.3 Å². The molecule has 0 radical (unpaired) electrons. The highest BCUT2D eigenvalue weighted by molar-refractivity contribution is 5.91. The molecule has 4 aliphatic heterocycles. The Morgan fingerprint density at radius 1 is 0.525 bits per heavy atom. The lowest BCUT2D eigenvalue weighted by Gasteiger charge is -2.45. The highest BCUT2D eigenvalue weighted by Crippen LogP contribution is 2.44. The number of fused-ring (bicyclic) bond motifs is 1. The van der Waals surface area contributed by atoms with Gasteiger partial charge in [0.05, 0.1) is 28.9 Å². The molecule has 4 aliphatic rings. The monoisotopic (exact) mass is 838 g/mol. The molecular formula is C46H46O15. The summed E-state index contributed by atoms with van der Waals surface area (Å²) >= 11 is 0. The molecule has 4 fully saturated rings. The summed E-state index contributed by atoms with van der Waals surface area (Å²) in [7, 11) is 0. The molecule has 0 aliphatic carbocycles. The van der Waals surface area contributed by atoms with E-state index in [1.807, 2.05) is 0 Å². The van der Waals surface area contributed by atoms with Gasteiger partial charge in [-0.25, -0.2) is 19.2 Å². The summed E-state index contributed by atoms with van der Waals surface area (Å²) in [6.45, 7) is 6.58. The first kappa shape index (κ1) is 42.2. The molecule has 15 nitrogen and oxygen atoms in total. The second-order valence-electron chi connectivity index (χ2n) is 15.8. The van der Waals surface area contributed by atoms with Crippen LogP contribution >= 0.6 is 0 Å². The van der Waals surface area contributed by atoms with Gasteiger partial charge < -0.3 is 52.1 Å². The zero-order chi connectivity index (χ0) is 42.7. The predicted molar refractivity (Wildman–Crippen MR) is 211 cm³/mol. The molecule has 0 N–H and O–H groups in total. The Balaban J connectivity index is 1.21. The van der Waals surface area contributed by atoms with Crippen molar-refractivity contribution in [3.05, 3.63) is 144 Å². The maximum Gasteiger partial charge on any atom is 0.338 e. The van der Waals surface area contributed by atoms with Gasteiger partial charge in [0.1, 0.15) is 37.1 Å². The first-order valence-corrected chi connectivity index (χ1v) is 20.0. The van der Waals surface area contributed by atoms with Crippen LogP contribution in [0.1, 0.15) is 69.1 Å². The maximum absolute atomic E-state index is 14.1. The zero-order valence-corrected chi connectivity index (χ0v) is 33.9. The molecule has 4 saturated heterocycles. The summed E-state index contributed by atoms with van der Waals surface area (Å²) in [5, 5.41) is 0. The minimum Gasteiger partial charge on any atom is -0.459 e. The van der Waals surface area contributed by atoms with Crippen molar-refractivity contribution in [1.82, 2.24) is 0 Å². The number of ether oxygens (including phenoxy) is 11. The number of benzene rings is 4. The number of carbonyl (C=O) groups excluding carboxylic acids is 4. The third kappa shape index (κ3) is 9.68. The molecule has 0 bridgehead atoms. The quantitative estimate of drug-likeness (QED) is 0.126. The van der Waals surface area contributed by atoms with Crippen LogP contribution in [-0.4, -0.2) is 110 Å². The lowest BCUT2D eigenvalue weighted by atomic mass is 9.97. The van der Waals surface area contributed by atoms with Crippen molar-refractivity contribution in [2.75, 3.05) is 13.2 Å². The van der Waals surface area contributed by atoms with Crippen LogP contribution in [0.3, 0.4) is 0 Å². The fourth-order valence-corrected chi connectivity index (χ4v) is 7.63. The first-order chi connectivity index (χ1) is 29.3. The van der Waals surface area contributed by atoms with Gasteiger partial charge in [-0.15, -0.1) is 0 Å². The van der Waals surface area contributed by atoms with Crippen LogP contribution in [-0.2, 0) is 52.1 Å². The summed E-state index contributed by atoms with van der Waals surface area (Å²) in [5.74, 6) is -5.25.